The summed E-state index contributed by atoms with van der Waals surface area (Å²) in [6.07, 6.45) is 1.14. The lowest BCUT2D eigenvalue weighted by Crippen LogP contribution is -2.33. The third-order valence-corrected chi connectivity index (χ3v) is 2.91. The van der Waals surface area contributed by atoms with Crippen molar-refractivity contribution in [3.63, 3.8) is 0 Å². The summed E-state index contributed by atoms with van der Waals surface area (Å²) in [5.41, 5.74) is 0. The van der Waals surface area contributed by atoms with E-state index in [1.807, 2.05) is 0 Å². The lowest BCUT2D eigenvalue weighted by molar-refractivity contribution is 0.192. The van der Waals surface area contributed by atoms with Crippen molar-refractivity contribution in [2.24, 2.45) is 0 Å². The largest absolute Gasteiger partial charge is 0.383 e. The topological polar surface area (TPSA) is 46.6 Å². The SMILES string of the molecule is COCC(Cl)CN(C)S(C)(=O)=O. The van der Waals surface area contributed by atoms with E-state index in [1.54, 1.807) is 0 Å². The van der Waals surface area contributed by atoms with Crippen LogP contribution in [0, 0.1) is 0 Å². The molecule has 0 fully saturated rings. The predicted octanol–water partition coefficient (Wildman–Crippen LogP) is 0.132. The molecule has 0 amide bonds. The van der Waals surface area contributed by atoms with Gasteiger partial charge in [-0.15, -0.1) is 11.6 Å². The fourth-order valence-electron chi connectivity index (χ4n) is 0.648. The van der Waals surface area contributed by atoms with Crippen LogP contribution in [0.5, 0.6) is 0 Å². The molecule has 0 saturated heterocycles. The standard InChI is InChI=1S/C6H14ClNO3S/c1-8(12(3,9)10)4-6(7)5-11-2/h6H,4-5H2,1-3H3. The van der Waals surface area contributed by atoms with Crippen LogP contribution in [0.3, 0.4) is 0 Å². The zero-order valence-corrected chi connectivity index (χ0v) is 9.02. The maximum atomic E-state index is 10.9. The molecule has 0 bridgehead atoms. The highest BCUT2D eigenvalue weighted by Crippen LogP contribution is 2.02. The second kappa shape index (κ2) is 5.01. The van der Waals surface area contributed by atoms with Gasteiger partial charge in [-0.3, -0.25) is 0 Å². The van der Waals surface area contributed by atoms with Crippen molar-refractivity contribution < 1.29 is 13.2 Å². The summed E-state index contributed by atoms with van der Waals surface area (Å²) in [6, 6.07) is 0. The van der Waals surface area contributed by atoms with Crippen molar-refractivity contribution in [3.05, 3.63) is 0 Å². The Morgan fingerprint density at radius 3 is 2.42 bits per heavy atom. The molecule has 0 aromatic heterocycles. The van der Waals surface area contributed by atoms with E-state index in [0.717, 1.165) is 6.26 Å². The molecule has 0 heterocycles. The number of sulfonamides is 1. The van der Waals surface area contributed by atoms with Crippen LogP contribution in [-0.2, 0) is 14.8 Å². The maximum Gasteiger partial charge on any atom is 0.210 e. The molecule has 4 nitrogen and oxygen atoms in total. The molecule has 0 aromatic rings. The quantitative estimate of drug-likeness (QED) is 0.613. The first-order valence-corrected chi connectivity index (χ1v) is 5.70. The molecule has 0 spiro atoms. The van der Waals surface area contributed by atoms with Gasteiger partial charge in [0, 0.05) is 20.7 Å². The van der Waals surface area contributed by atoms with Crippen LogP contribution in [0.2, 0.25) is 0 Å². The first kappa shape index (κ1) is 12.2. The molecular weight excluding hydrogens is 202 g/mol. The number of rotatable bonds is 5. The summed E-state index contributed by atoms with van der Waals surface area (Å²) in [6.45, 7) is 0.621. The summed E-state index contributed by atoms with van der Waals surface area (Å²) in [5.74, 6) is 0. The summed E-state index contributed by atoms with van der Waals surface area (Å²) >= 11 is 5.75. The van der Waals surface area contributed by atoms with Gasteiger partial charge in [0.05, 0.1) is 18.2 Å². The van der Waals surface area contributed by atoms with E-state index in [0.29, 0.717) is 6.61 Å². The Labute approximate surface area is 78.5 Å². The van der Waals surface area contributed by atoms with Gasteiger partial charge in [-0.1, -0.05) is 0 Å². The van der Waals surface area contributed by atoms with Gasteiger partial charge < -0.3 is 4.74 Å². The highest BCUT2D eigenvalue weighted by Gasteiger charge is 2.15. The van der Waals surface area contributed by atoms with Gasteiger partial charge in [-0.25, -0.2) is 12.7 Å². The lowest BCUT2D eigenvalue weighted by atomic mass is 10.4. The van der Waals surface area contributed by atoms with Gasteiger partial charge in [0.15, 0.2) is 0 Å². The zero-order chi connectivity index (χ0) is 9.78. The van der Waals surface area contributed by atoms with Gasteiger partial charge in [-0.05, 0) is 0 Å². The van der Waals surface area contributed by atoms with Gasteiger partial charge in [0.2, 0.25) is 10.0 Å². The number of hydrogen-bond donors (Lipinski definition) is 0. The van der Waals surface area contributed by atoms with E-state index < -0.39 is 10.0 Å². The Morgan fingerprint density at radius 2 is 2.08 bits per heavy atom. The minimum atomic E-state index is -3.12. The molecule has 1 unspecified atom stereocenters. The van der Waals surface area contributed by atoms with Crippen LogP contribution >= 0.6 is 11.6 Å². The van der Waals surface area contributed by atoms with Crippen LogP contribution in [-0.4, -0.2) is 51.7 Å². The van der Waals surface area contributed by atoms with E-state index in [2.05, 4.69) is 0 Å². The fraction of sp³-hybridized carbons (Fsp3) is 1.00. The van der Waals surface area contributed by atoms with Crippen LogP contribution in [0.4, 0.5) is 0 Å². The number of hydrogen-bond acceptors (Lipinski definition) is 3. The minimum absolute atomic E-state index is 0.272. The molecule has 0 radical (unpaired) electrons. The average Bonchev–Trinajstić information content (AvgIpc) is 1.85. The molecule has 0 rings (SSSR count). The van der Waals surface area contributed by atoms with Gasteiger partial charge in [0.25, 0.3) is 0 Å². The van der Waals surface area contributed by atoms with Crippen LogP contribution in [0.25, 0.3) is 0 Å². The Morgan fingerprint density at radius 1 is 1.58 bits per heavy atom. The molecule has 0 N–H and O–H groups in total. The second-order valence-corrected chi connectivity index (χ2v) is 5.30. The molecule has 6 heteroatoms. The van der Waals surface area contributed by atoms with Crippen molar-refractivity contribution in [2.75, 3.05) is 33.6 Å². The highest BCUT2D eigenvalue weighted by molar-refractivity contribution is 7.88. The van der Waals surface area contributed by atoms with Gasteiger partial charge in [-0.2, -0.15) is 0 Å². The molecule has 0 saturated carbocycles. The fourth-order valence-corrected chi connectivity index (χ4v) is 1.51. The average molecular weight is 216 g/mol. The molecule has 1 atom stereocenters. The molecule has 0 aliphatic rings. The van der Waals surface area contributed by atoms with Crippen LogP contribution in [0.1, 0.15) is 0 Å². The third-order valence-electron chi connectivity index (χ3n) is 1.37. The van der Waals surface area contributed by atoms with Crippen molar-refractivity contribution in [3.8, 4) is 0 Å². The Kier molecular flexibility index (Phi) is 5.08. The molecule has 0 aliphatic heterocycles. The minimum Gasteiger partial charge on any atom is -0.383 e. The third kappa shape index (κ3) is 4.92. The zero-order valence-electron chi connectivity index (χ0n) is 7.45. The van der Waals surface area contributed by atoms with Crippen molar-refractivity contribution in [1.29, 1.82) is 0 Å². The Balaban J connectivity index is 3.93. The molecule has 0 aliphatic carbocycles. The smallest absolute Gasteiger partial charge is 0.210 e. The van der Waals surface area contributed by atoms with Crippen molar-refractivity contribution in [1.82, 2.24) is 4.31 Å². The Bertz CT molecular complexity index is 217. The van der Waals surface area contributed by atoms with E-state index in [4.69, 9.17) is 16.3 Å². The number of alkyl halides is 1. The van der Waals surface area contributed by atoms with Gasteiger partial charge in [0.1, 0.15) is 0 Å². The summed E-state index contributed by atoms with van der Waals surface area (Å²) in [5, 5.41) is -0.297. The second-order valence-electron chi connectivity index (χ2n) is 2.60. The van der Waals surface area contributed by atoms with Crippen LogP contribution in [0.15, 0.2) is 0 Å². The molecule has 0 aromatic carbocycles. The number of nitrogens with zero attached hydrogens (tertiary/aromatic N) is 1. The monoisotopic (exact) mass is 215 g/mol. The van der Waals surface area contributed by atoms with Crippen molar-refractivity contribution in [2.45, 2.75) is 5.38 Å². The predicted molar refractivity (Wildman–Crippen MR) is 49.0 cm³/mol. The summed E-state index contributed by atoms with van der Waals surface area (Å²) < 4.78 is 27.8. The van der Waals surface area contributed by atoms with E-state index in [-0.39, 0.29) is 11.9 Å². The number of ether oxygens (including phenoxy) is 1. The van der Waals surface area contributed by atoms with Crippen molar-refractivity contribution >= 4 is 21.6 Å². The Hall–Kier alpha value is 0.160. The maximum absolute atomic E-state index is 10.9. The van der Waals surface area contributed by atoms with Crippen LogP contribution < -0.4 is 0 Å². The normalized spacial score (nSPS) is 15.1. The highest BCUT2D eigenvalue weighted by atomic mass is 35.5. The molecular formula is C6H14ClNO3S. The summed E-state index contributed by atoms with van der Waals surface area (Å²) in [4.78, 5) is 0. The number of methoxy groups -OCH3 is 1. The van der Waals surface area contributed by atoms with Gasteiger partial charge >= 0.3 is 0 Å². The first-order valence-electron chi connectivity index (χ1n) is 3.42. The number of halogens is 1. The molecule has 12 heavy (non-hydrogen) atoms. The molecule has 74 valence electrons. The van der Waals surface area contributed by atoms with E-state index >= 15 is 0 Å². The first-order chi connectivity index (χ1) is 5.38. The van der Waals surface area contributed by atoms with E-state index in [1.165, 1.54) is 18.5 Å². The van der Waals surface area contributed by atoms with E-state index in [9.17, 15) is 8.42 Å². The summed E-state index contributed by atoms with van der Waals surface area (Å²) in [7, 11) is -0.113. The lowest BCUT2D eigenvalue weighted by Gasteiger charge is -2.16.